The Morgan fingerprint density at radius 3 is 2.53 bits per heavy atom. The molecule has 0 radical (unpaired) electrons. The van der Waals surface area contributed by atoms with Gasteiger partial charge in [0.25, 0.3) is 0 Å². The van der Waals surface area contributed by atoms with Gasteiger partial charge in [0.2, 0.25) is 0 Å². The quantitative estimate of drug-likeness (QED) is 0.774. The van der Waals surface area contributed by atoms with Crippen LogP contribution >= 0.6 is 0 Å². The Hall–Kier alpha value is -1.22. The predicted molar refractivity (Wildman–Crippen MR) is 72.8 cm³/mol. The van der Waals surface area contributed by atoms with Gasteiger partial charge in [-0.1, -0.05) is 6.92 Å². The Balaban J connectivity index is 2.28. The first-order chi connectivity index (χ1) is 8.98. The maximum Gasteiger partial charge on any atom is 0.194 e. The molecule has 3 heteroatoms. The lowest BCUT2D eigenvalue weighted by Crippen LogP contribution is -2.43. The monoisotopic (exact) mass is 264 g/mol. The summed E-state index contributed by atoms with van der Waals surface area (Å²) in [4.78, 5) is 12.7. The van der Waals surface area contributed by atoms with Crippen LogP contribution in [0.2, 0.25) is 0 Å². The van der Waals surface area contributed by atoms with Gasteiger partial charge in [0, 0.05) is 12.7 Å². The minimum Gasteiger partial charge on any atom is -0.370 e. The van der Waals surface area contributed by atoms with Crippen molar-refractivity contribution in [3.63, 3.8) is 0 Å². The Morgan fingerprint density at radius 1 is 1.37 bits per heavy atom. The Bertz CT molecular complexity index is 474. The molecule has 0 bridgehead atoms. The van der Waals surface area contributed by atoms with Crippen molar-refractivity contribution in [3.8, 4) is 0 Å². The standard InChI is InChI=1S/C16H21FO2/c1-11-6-8-16(19-3,9-7-11)15(18)13-4-5-14(17)12(2)10-13/h4-5,10-11H,6-9H2,1-3H3. The zero-order valence-electron chi connectivity index (χ0n) is 11.8. The molecule has 1 saturated carbocycles. The summed E-state index contributed by atoms with van der Waals surface area (Å²) in [6.45, 7) is 3.88. The summed E-state index contributed by atoms with van der Waals surface area (Å²) in [6.07, 6.45) is 3.50. The largest absolute Gasteiger partial charge is 0.370 e. The maximum atomic E-state index is 13.3. The van der Waals surface area contributed by atoms with Crippen molar-refractivity contribution < 1.29 is 13.9 Å². The second kappa shape index (κ2) is 5.41. The van der Waals surface area contributed by atoms with E-state index in [4.69, 9.17) is 4.74 Å². The van der Waals surface area contributed by atoms with Crippen LogP contribution < -0.4 is 0 Å². The highest BCUT2D eigenvalue weighted by atomic mass is 19.1. The number of ketones is 1. The molecule has 1 fully saturated rings. The van der Waals surface area contributed by atoms with Crippen molar-refractivity contribution in [2.75, 3.05) is 7.11 Å². The fraction of sp³-hybridized carbons (Fsp3) is 0.562. The van der Waals surface area contributed by atoms with E-state index < -0.39 is 5.60 Å². The van der Waals surface area contributed by atoms with E-state index >= 15 is 0 Å². The number of hydrogen-bond acceptors (Lipinski definition) is 2. The molecule has 19 heavy (non-hydrogen) atoms. The first-order valence-corrected chi connectivity index (χ1v) is 6.84. The molecular weight excluding hydrogens is 243 g/mol. The van der Waals surface area contributed by atoms with Crippen LogP contribution in [0.3, 0.4) is 0 Å². The van der Waals surface area contributed by atoms with Crippen molar-refractivity contribution >= 4 is 5.78 Å². The number of halogens is 1. The minimum atomic E-state index is -0.712. The molecule has 2 rings (SSSR count). The lowest BCUT2D eigenvalue weighted by atomic mass is 9.75. The number of carbonyl (C=O) groups excluding carboxylic acids is 1. The third-order valence-electron chi connectivity index (χ3n) is 4.31. The van der Waals surface area contributed by atoms with E-state index in [1.54, 1.807) is 26.2 Å². The molecule has 0 atom stereocenters. The number of rotatable bonds is 3. The van der Waals surface area contributed by atoms with Crippen molar-refractivity contribution in [1.82, 2.24) is 0 Å². The van der Waals surface area contributed by atoms with Crippen molar-refractivity contribution in [1.29, 1.82) is 0 Å². The SMILES string of the molecule is COC1(C(=O)c2ccc(F)c(C)c2)CCC(C)CC1. The van der Waals surface area contributed by atoms with Gasteiger partial charge in [0.15, 0.2) is 5.78 Å². The lowest BCUT2D eigenvalue weighted by Gasteiger charge is -2.37. The zero-order chi connectivity index (χ0) is 14.0. The normalized spacial score (nSPS) is 27.3. The second-order valence-corrected chi connectivity index (χ2v) is 5.67. The number of benzene rings is 1. The second-order valence-electron chi connectivity index (χ2n) is 5.67. The van der Waals surface area contributed by atoms with E-state index in [9.17, 15) is 9.18 Å². The number of methoxy groups -OCH3 is 1. The van der Waals surface area contributed by atoms with Crippen molar-refractivity contribution in [2.24, 2.45) is 5.92 Å². The van der Waals surface area contributed by atoms with Crippen LogP contribution in [0.5, 0.6) is 0 Å². The summed E-state index contributed by atoms with van der Waals surface area (Å²) in [7, 11) is 1.60. The van der Waals surface area contributed by atoms with Gasteiger partial charge in [-0.15, -0.1) is 0 Å². The molecule has 0 spiro atoms. The molecule has 1 aromatic carbocycles. The van der Waals surface area contributed by atoms with Gasteiger partial charge in [-0.3, -0.25) is 4.79 Å². The fourth-order valence-corrected chi connectivity index (χ4v) is 2.80. The number of hydrogen-bond donors (Lipinski definition) is 0. The Morgan fingerprint density at radius 2 is 2.00 bits per heavy atom. The molecule has 0 amide bonds. The summed E-state index contributed by atoms with van der Waals surface area (Å²) < 4.78 is 18.9. The van der Waals surface area contributed by atoms with Gasteiger partial charge in [-0.05, 0) is 62.3 Å². The number of ether oxygens (including phenoxy) is 1. The molecule has 0 heterocycles. The van der Waals surface area contributed by atoms with Crippen LogP contribution in [-0.2, 0) is 4.74 Å². The summed E-state index contributed by atoms with van der Waals surface area (Å²) in [5.41, 5.74) is 0.341. The number of aryl methyl sites for hydroxylation is 1. The summed E-state index contributed by atoms with van der Waals surface area (Å²) in [6, 6.07) is 4.54. The third kappa shape index (κ3) is 2.71. The van der Waals surface area contributed by atoms with E-state index in [0.717, 1.165) is 25.7 Å². The number of Topliss-reactive ketones (excluding diaryl/α,β-unsaturated/α-hetero) is 1. The van der Waals surface area contributed by atoms with Crippen LogP contribution in [0.25, 0.3) is 0 Å². The van der Waals surface area contributed by atoms with Gasteiger partial charge < -0.3 is 4.74 Å². The molecule has 1 aliphatic rings. The van der Waals surface area contributed by atoms with E-state index in [1.807, 2.05) is 0 Å². The molecule has 1 aliphatic carbocycles. The highest BCUT2D eigenvalue weighted by Crippen LogP contribution is 2.37. The van der Waals surface area contributed by atoms with E-state index in [0.29, 0.717) is 17.0 Å². The van der Waals surface area contributed by atoms with E-state index in [1.165, 1.54) is 6.07 Å². The van der Waals surface area contributed by atoms with E-state index in [2.05, 4.69) is 6.92 Å². The van der Waals surface area contributed by atoms with Crippen LogP contribution in [0.15, 0.2) is 18.2 Å². The van der Waals surface area contributed by atoms with Crippen LogP contribution in [-0.4, -0.2) is 18.5 Å². The fourth-order valence-electron chi connectivity index (χ4n) is 2.80. The topological polar surface area (TPSA) is 26.3 Å². The molecule has 1 aromatic rings. The zero-order valence-corrected chi connectivity index (χ0v) is 11.8. The van der Waals surface area contributed by atoms with Gasteiger partial charge in [-0.25, -0.2) is 4.39 Å². The molecular formula is C16H21FO2. The summed E-state index contributed by atoms with van der Waals surface area (Å²) in [5.74, 6) is 0.358. The molecule has 0 aliphatic heterocycles. The van der Waals surface area contributed by atoms with Gasteiger partial charge in [0.1, 0.15) is 11.4 Å². The van der Waals surface area contributed by atoms with Crippen LogP contribution in [0.4, 0.5) is 4.39 Å². The average Bonchev–Trinajstić information content (AvgIpc) is 2.42. The number of carbonyl (C=O) groups is 1. The molecule has 0 saturated heterocycles. The molecule has 0 N–H and O–H groups in total. The highest BCUT2D eigenvalue weighted by molar-refractivity contribution is 6.02. The van der Waals surface area contributed by atoms with Crippen molar-refractivity contribution in [3.05, 3.63) is 35.1 Å². The lowest BCUT2D eigenvalue weighted by molar-refractivity contribution is -0.0263. The van der Waals surface area contributed by atoms with Gasteiger partial charge in [-0.2, -0.15) is 0 Å². The molecule has 2 nitrogen and oxygen atoms in total. The molecule has 104 valence electrons. The van der Waals surface area contributed by atoms with Gasteiger partial charge >= 0.3 is 0 Å². The summed E-state index contributed by atoms with van der Waals surface area (Å²) >= 11 is 0. The highest BCUT2D eigenvalue weighted by Gasteiger charge is 2.41. The maximum absolute atomic E-state index is 13.3. The van der Waals surface area contributed by atoms with Crippen molar-refractivity contribution in [2.45, 2.75) is 45.1 Å². The van der Waals surface area contributed by atoms with Crippen LogP contribution in [0.1, 0.15) is 48.5 Å². The average molecular weight is 264 g/mol. The molecule has 0 aromatic heterocycles. The predicted octanol–water partition coefficient (Wildman–Crippen LogP) is 3.91. The Labute approximate surface area is 114 Å². The third-order valence-corrected chi connectivity index (χ3v) is 4.31. The summed E-state index contributed by atoms with van der Waals surface area (Å²) in [5, 5.41) is 0. The molecule has 0 unspecified atom stereocenters. The first-order valence-electron chi connectivity index (χ1n) is 6.84. The minimum absolute atomic E-state index is 0.00926. The van der Waals surface area contributed by atoms with Crippen LogP contribution in [0, 0.1) is 18.7 Å². The smallest absolute Gasteiger partial charge is 0.194 e. The Kier molecular flexibility index (Phi) is 4.04. The van der Waals surface area contributed by atoms with Gasteiger partial charge in [0.05, 0.1) is 0 Å². The van der Waals surface area contributed by atoms with E-state index in [-0.39, 0.29) is 11.6 Å². The first kappa shape index (κ1) is 14.2.